The summed E-state index contributed by atoms with van der Waals surface area (Å²) in [4.78, 5) is 8.61. The molecule has 1 N–H and O–H groups in total. The Morgan fingerprint density at radius 1 is 0.545 bits per heavy atom. The topological polar surface area (TPSA) is 22.3 Å². The van der Waals surface area contributed by atoms with Crippen LogP contribution in [0.25, 0.3) is 44.1 Å². The fourth-order valence-electron chi connectivity index (χ4n) is 8.60. The molecule has 0 saturated carbocycles. The molecular formula is C52H47N3. The van der Waals surface area contributed by atoms with Crippen LogP contribution in [0.1, 0.15) is 41.5 Å². The minimum Gasteiger partial charge on any atom is -0.355 e. The summed E-state index contributed by atoms with van der Waals surface area (Å²) in [5.74, 6) is 0. The molecule has 0 radical (unpaired) electrons. The van der Waals surface area contributed by atoms with E-state index in [0.717, 1.165) is 41.7 Å². The van der Waals surface area contributed by atoms with Crippen LogP contribution in [0, 0.1) is 27.7 Å². The van der Waals surface area contributed by atoms with E-state index >= 15 is 0 Å². The molecule has 7 aromatic rings. The Bertz CT molecular complexity index is 2630. The van der Waals surface area contributed by atoms with E-state index in [0.29, 0.717) is 6.04 Å². The van der Waals surface area contributed by atoms with Crippen LogP contribution in [-0.2, 0) is 0 Å². The van der Waals surface area contributed by atoms with Gasteiger partial charge in [-0.15, -0.1) is 0 Å². The van der Waals surface area contributed by atoms with E-state index in [9.17, 15) is 0 Å². The molecule has 2 aliphatic carbocycles. The summed E-state index contributed by atoms with van der Waals surface area (Å²) in [5.41, 5.74) is 18.6. The average molecular weight is 714 g/mol. The van der Waals surface area contributed by atoms with Gasteiger partial charge >= 0.3 is 0 Å². The standard InChI is InChI=1S/C52H47N3/c1-35-37(3)51(54(41-17-9-5-10-18-41)42-19-11-6-12-20-42)31-27-45(35)39-25-29-49-47(33-39)48-34-40(26-30-50(48)53-49)46-28-32-52(38(4)36(46)2)55(43-21-13-7-14-22-43)44-23-15-8-16-24-44/h5-7,9-15,17-21,23-34,43,53H,8,16,22H2,1-4H3. The first-order valence-electron chi connectivity index (χ1n) is 19.6. The molecule has 3 heteroatoms. The highest BCUT2D eigenvalue weighted by atomic mass is 15.2. The summed E-state index contributed by atoms with van der Waals surface area (Å²) >= 11 is 0. The Hall–Kier alpha value is -6.32. The van der Waals surface area contributed by atoms with Gasteiger partial charge in [0.05, 0.1) is 6.04 Å². The highest BCUT2D eigenvalue weighted by Gasteiger charge is 2.24. The summed E-state index contributed by atoms with van der Waals surface area (Å²) in [7, 11) is 0. The van der Waals surface area contributed by atoms with Gasteiger partial charge in [0.2, 0.25) is 0 Å². The lowest BCUT2D eigenvalue weighted by Gasteiger charge is -2.36. The van der Waals surface area contributed by atoms with Crippen LogP contribution in [0.4, 0.5) is 22.7 Å². The molecule has 55 heavy (non-hydrogen) atoms. The van der Waals surface area contributed by atoms with Gasteiger partial charge in [0.15, 0.2) is 0 Å². The van der Waals surface area contributed by atoms with Crippen LogP contribution in [0.3, 0.4) is 0 Å². The summed E-state index contributed by atoms with van der Waals surface area (Å²) in [5, 5.41) is 2.50. The van der Waals surface area contributed by atoms with Crippen LogP contribution in [0.2, 0.25) is 0 Å². The second-order valence-corrected chi connectivity index (χ2v) is 15.0. The zero-order valence-electron chi connectivity index (χ0n) is 32.2. The first-order chi connectivity index (χ1) is 27.0. The van der Waals surface area contributed by atoms with Crippen molar-refractivity contribution in [2.45, 2.75) is 53.0 Å². The first kappa shape index (κ1) is 34.4. The third-order valence-corrected chi connectivity index (χ3v) is 11.8. The van der Waals surface area contributed by atoms with E-state index in [1.54, 1.807) is 0 Å². The zero-order chi connectivity index (χ0) is 37.5. The van der Waals surface area contributed by atoms with Gasteiger partial charge in [-0.1, -0.05) is 97.1 Å². The Balaban J connectivity index is 1.09. The number of benzene rings is 6. The maximum atomic E-state index is 3.71. The van der Waals surface area contributed by atoms with Crippen molar-refractivity contribution >= 4 is 44.6 Å². The van der Waals surface area contributed by atoms with Crippen LogP contribution in [0.15, 0.2) is 170 Å². The third kappa shape index (κ3) is 6.30. The molecule has 1 heterocycles. The Kier molecular flexibility index (Phi) is 9.07. The summed E-state index contributed by atoms with van der Waals surface area (Å²) in [6.07, 6.45) is 19.2. The predicted molar refractivity (Wildman–Crippen MR) is 236 cm³/mol. The van der Waals surface area contributed by atoms with Crippen LogP contribution in [-0.4, -0.2) is 11.0 Å². The summed E-state index contributed by atoms with van der Waals surface area (Å²) in [6, 6.07) is 44.7. The molecule has 1 aromatic heterocycles. The molecule has 0 fully saturated rings. The first-order valence-corrected chi connectivity index (χ1v) is 19.6. The van der Waals surface area contributed by atoms with Crippen molar-refractivity contribution in [1.82, 2.24) is 4.98 Å². The molecule has 1 atom stereocenters. The van der Waals surface area contributed by atoms with Gasteiger partial charge in [0.25, 0.3) is 0 Å². The predicted octanol–water partition coefficient (Wildman–Crippen LogP) is 14.3. The van der Waals surface area contributed by atoms with Crippen molar-refractivity contribution in [1.29, 1.82) is 0 Å². The van der Waals surface area contributed by atoms with Crippen molar-refractivity contribution in [2.24, 2.45) is 0 Å². The van der Waals surface area contributed by atoms with Gasteiger partial charge in [0, 0.05) is 50.3 Å². The van der Waals surface area contributed by atoms with Crippen molar-refractivity contribution in [3.63, 3.8) is 0 Å². The number of nitrogens with zero attached hydrogens (tertiary/aromatic N) is 2. The number of aromatic amines is 1. The monoisotopic (exact) mass is 713 g/mol. The molecule has 0 saturated heterocycles. The number of aromatic nitrogens is 1. The molecule has 2 aliphatic rings. The number of hydrogen-bond donors (Lipinski definition) is 1. The lowest BCUT2D eigenvalue weighted by atomic mass is 9.92. The van der Waals surface area contributed by atoms with Crippen molar-refractivity contribution in [3.05, 3.63) is 192 Å². The zero-order valence-corrected chi connectivity index (χ0v) is 32.2. The van der Waals surface area contributed by atoms with Crippen LogP contribution < -0.4 is 9.80 Å². The van der Waals surface area contributed by atoms with Gasteiger partial charge in [-0.05, 0) is 158 Å². The maximum Gasteiger partial charge on any atom is 0.0559 e. The number of nitrogens with one attached hydrogen (secondary N) is 1. The van der Waals surface area contributed by atoms with Gasteiger partial charge in [-0.25, -0.2) is 0 Å². The van der Waals surface area contributed by atoms with Crippen molar-refractivity contribution in [3.8, 4) is 22.3 Å². The fourth-order valence-corrected chi connectivity index (χ4v) is 8.60. The quantitative estimate of drug-likeness (QED) is 0.169. The van der Waals surface area contributed by atoms with Gasteiger partial charge in [-0.2, -0.15) is 0 Å². The second-order valence-electron chi connectivity index (χ2n) is 15.0. The fraction of sp³-hybridized carbons (Fsp3) is 0.154. The lowest BCUT2D eigenvalue weighted by Crippen LogP contribution is -2.34. The molecule has 6 aromatic carbocycles. The summed E-state index contributed by atoms with van der Waals surface area (Å²) in [6.45, 7) is 9.10. The molecular weight excluding hydrogens is 667 g/mol. The van der Waals surface area contributed by atoms with E-state index in [-0.39, 0.29) is 0 Å². The van der Waals surface area contributed by atoms with E-state index in [1.165, 1.54) is 72.4 Å². The second kappa shape index (κ2) is 14.5. The van der Waals surface area contributed by atoms with E-state index in [1.807, 2.05) is 0 Å². The molecule has 1 unspecified atom stereocenters. The SMILES string of the molecule is Cc1c(-c2ccc3[nH]c4ccc(-c5ccc(N(C6=CCCC=C6)C6C=CC=CC6)c(C)c5C)cc4c3c2)ccc(N(c2ccccc2)c2ccccc2)c1C. The average Bonchev–Trinajstić information content (AvgIpc) is 3.60. The van der Waals surface area contributed by atoms with Crippen molar-refractivity contribution < 1.29 is 0 Å². The molecule has 3 nitrogen and oxygen atoms in total. The molecule has 0 spiro atoms. The molecule has 0 aliphatic heterocycles. The normalized spacial score (nSPS) is 15.1. The van der Waals surface area contributed by atoms with E-state index < -0.39 is 0 Å². The van der Waals surface area contributed by atoms with Crippen LogP contribution in [0.5, 0.6) is 0 Å². The third-order valence-electron chi connectivity index (χ3n) is 11.8. The van der Waals surface area contributed by atoms with Gasteiger partial charge in [0.1, 0.15) is 0 Å². The number of hydrogen-bond acceptors (Lipinski definition) is 2. The smallest absolute Gasteiger partial charge is 0.0559 e. The molecule has 270 valence electrons. The number of rotatable bonds is 8. The number of para-hydroxylation sites is 2. The van der Waals surface area contributed by atoms with Gasteiger partial charge in [-0.3, -0.25) is 0 Å². The van der Waals surface area contributed by atoms with Gasteiger partial charge < -0.3 is 14.8 Å². The Labute approximate surface area is 325 Å². The highest BCUT2D eigenvalue weighted by molar-refractivity contribution is 6.10. The highest BCUT2D eigenvalue weighted by Crippen LogP contribution is 2.42. The maximum absolute atomic E-state index is 3.71. The molecule has 9 rings (SSSR count). The Morgan fingerprint density at radius 2 is 1.13 bits per heavy atom. The Morgan fingerprint density at radius 3 is 1.67 bits per heavy atom. The number of allylic oxidation sites excluding steroid dienone is 5. The number of anilines is 4. The molecule has 0 bridgehead atoms. The largest absolute Gasteiger partial charge is 0.355 e. The minimum atomic E-state index is 0.301. The molecule has 0 amide bonds. The minimum absolute atomic E-state index is 0.301. The summed E-state index contributed by atoms with van der Waals surface area (Å²) < 4.78 is 0. The number of fused-ring (bicyclic) bond motifs is 3. The van der Waals surface area contributed by atoms with Crippen LogP contribution >= 0.6 is 0 Å². The number of H-pyrrole nitrogens is 1. The van der Waals surface area contributed by atoms with E-state index in [4.69, 9.17) is 0 Å². The lowest BCUT2D eigenvalue weighted by molar-refractivity contribution is 0.752. The van der Waals surface area contributed by atoms with Crippen molar-refractivity contribution in [2.75, 3.05) is 9.80 Å². The van der Waals surface area contributed by atoms with E-state index in [2.05, 4.69) is 206 Å².